The third-order valence-corrected chi connectivity index (χ3v) is 5.04. The summed E-state index contributed by atoms with van der Waals surface area (Å²) in [7, 11) is 1.44. The van der Waals surface area contributed by atoms with E-state index in [1.165, 1.54) is 7.11 Å². The summed E-state index contributed by atoms with van der Waals surface area (Å²) in [5, 5.41) is 11.6. The van der Waals surface area contributed by atoms with E-state index in [1.807, 2.05) is 30.3 Å². The Labute approximate surface area is 121 Å². The van der Waals surface area contributed by atoms with E-state index in [1.54, 1.807) is 17.8 Å². The minimum Gasteiger partial charge on any atom is -0.507 e. The van der Waals surface area contributed by atoms with Crippen molar-refractivity contribution in [3.8, 4) is 5.75 Å². The number of methoxy groups -OCH3 is 1. The van der Waals surface area contributed by atoms with Gasteiger partial charge in [0.2, 0.25) is 0 Å². The summed E-state index contributed by atoms with van der Waals surface area (Å²) in [6, 6.07) is 11.3. The number of aromatic hydroxyl groups is 1. The Bertz CT molecular complexity index is 649. The van der Waals surface area contributed by atoms with Gasteiger partial charge in [0, 0.05) is 10.3 Å². The lowest BCUT2D eigenvalue weighted by atomic mass is 10.1. The average Bonchev–Trinajstić information content (AvgIpc) is 3.31. The van der Waals surface area contributed by atoms with Crippen molar-refractivity contribution >= 4 is 28.5 Å². The smallest absolute Gasteiger partial charge is 0.319 e. The first-order valence-corrected chi connectivity index (χ1v) is 7.54. The third kappa shape index (κ3) is 2.48. The minimum absolute atomic E-state index is 0.145. The summed E-state index contributed by atoms with van der Waals surface area (Å²) in [5.41, 5.74) is 0. The first-order chi connectivity index (χ1) is 9.70. The highest BCUT2D eigenvalue weighted by Crippen LogP contribution is 2.44. The van der Waals surface area contributed by atoms with E-state index in [0.717, 1.165) is 28.5 Å². The highest BCUT2D eigenvalue weighted by molar-refractivity contribution is 8.00. The summed E-state index contributed by atoms with van der Waals surface area (Å²) >= 11 is 1.54. The van der Waals surface area contributed by atoms with Gasteiger partial charge in [-0.15, -0.1) is 11.8 Å². The van der Waals surface area contributed by atoms with Gasteiger partial charge >= 0.3 is 5.97 Å². The lowest BCUT2D eigenvalue weighted by Crippen LogP contribution is -2.20. The third-order valence-electron chi connectivity index (χ3n) is 3.60. The van der Waals surface area contributed by atoms with Gasteiger partial charge in [-0.25, -0.2) is 0 Å². The van der Waals surface area contributed by atoms with Crippen LogP contribution in [0.2, 0.25) is 0 Å². The summed E-state index contributed by atoms with van der Waals surface area (Å²) in [6.45, 7) is 0. The molecule has 0 bridgehead atoms. The van der Waals surface area contributed by atoms with Gasteiger partial charge in [0.25, 0.3) is 0 Å². The van der Waals surface area contributed by atoms with Crippen LogP contribution in [0.15, 0.2) is 41.3 Å². The first-order valence-electron chi connectivity index (χ1n) is 6.66. The number of phenols is 1. The van der Waals surface area contributed by atoms with Crippen molar-refractivity contribution in [3.63, 3.8) is 0 Å². The molecule has 1 fully saturated rings. The average molecular weight is 288 g/mol. The maximum atomic E-state index is 11.9. The number of hydrogen-bond acceptors (Lipinski definition) is 4. The van der Waals surface area contributed by atoms with Crippen molar-refractivity contribution in [1.29, 1.82) is 0 Å². The van der Waals surface area contributed by atoms with Crippen LogP contribution in [0.3, 0.4) is 0 Å². The van der Waals surface area contributed by atoms with E-state index >= 15 is 0 Å². The van der Waals surface area contributed by atoms with E-state index in [9.17, 15) is 9.90 Å². The molecule has 0 amide bonds. The Hall–Kier alpha value is -1.68. The van der Waals surface area contributed by atoms with Crippen LogP contribution in [0, 0.1) is 5.92 Å². The molecule has 1 unspecified atom stereocenters. The summed E-state index contributed by atoms with van der Waals surface area (Å²) in [6.07, 6.45) is 2.17. The lowest BCUT2D eigenvalue weighted by Gasteiger charge is -2.15. The SMILES string of the molecule is COC(=O)C(Sc1ccc(O)c2ccccc12)C1CC1. The van der Waals surface area contributed by atoms with Crippen molar-refractivity contribution in [2.24, 2.45) is 5.92 Å². The molecule has 2 aromatic rings. The maximum Gasteiger partial charge on any atom is 0.319 e. The summed E-state index contributed by atoms with van der Waals surface area (Å²) in [4.78, 5) is 12.9. The maximum absolute atomic E-state index is 11.9. The second kappa shape index (κ2) is 5.37. The molecule has 2 aromatic carbocycles. The van der Waals surface area contributed by atoms with Gasteiger partial charge in [0.1, 0.15) is 11.0 Å². The van der Waals surface area contributed by atoms with Crippen LogP contribution in [0.5, 0.6) is 5.75 Å². The molecule has 0 aromatic heterocycles. The number of thioether (sulfide) groups is 1. The fourth-order valence-corrected chi connectivity index (χ4v) is 3.73. The zero-order valence-electron chi connectivity index (χ0n) is 11.2. The van der Waals surface area contributed by atoms with Crippen LogP contribution in [-0.4, -0.2) is 23.4 Å². The molecule has 20 heavy (non-hydrogen) atoms. The van der Waals surface area contributed by atoms with Gasteiger partial charge in [0.15, 0.2) is 0 Å². The van der Waals surface area contributed by atoms with Gasteiger partial charge < -0.3 is 9.84 Å². The number of carbonyl (C=O) groups excluding carboxylic acids is 1. The molecule has 1 atom stereocenters. The fourth-order valence-electron chi connectivity index (χ4n) is 2.35. The van der Waals surface area contributed by atoms with Crippen LogP contribution in [0.4, 0.5) is 0 Å². The molecular formula is C16H16O3S. The molecule has 3 rings (SSSR count). The molecule has 1 N–H and O–H groups in total. The Kier molecular flexibility index (Phi) is 3.57. The van der Waals surface area contributed by atoms with E-state index in [0.29, 0.717) is 5.92 Å². The second-order valence-electron chi connectivity index (χ2n) is 5.03. The largest absolute Gasteiger partial charge is 0.507 e. The standard InChI is InChI=1S/C16H16O3S/c1-19-16(18)15(10-6-7-10)20-14-9-8-13(17)11-4-2-3-5-12(11)14/h2-5,8-10,15,17H,6-7H2,1H3. The molecule has 1 aliphatic rings. The predicted octanol–water partition coefficient (Wildman–Crippen LogP) is 3.59. The van der Waals surface area contributed by atoms with Gasteiger partial charge in [-0.1, -0.05) is 24.3 Å². The predicted molar refractivity (Wildman–Crippen MR) is 80.0 cm³/mol. The lowest BCUT2D eigenvalue weighted by molar-refractivity contribution is -0.140. The normalized spacial score (nSPS) is 16.1. The zero-order valence-corrected chi connectivity index (χ0v) is 12.0. The Morgan fingerprint density at radius 3 is 2.60 bits per heavy atom. The molecule has 0 aliphatic heterocycles. The van der Waals surface area contributed by atoms with Crippen molar-refractivity contribution in [1.82, 2.24) is 0 Å². The minimum atomic E-state index is -0.158. The highest BCUT2D eigenvalue weighted by atomic mass is 32.2. The molecule has 3 nitrogen and oxygen atoms in total. The molecule has 4 heteroatoms. The van der Waals surface area contributed by atoms with Gasteiger partial charge in [0.05, 0.1) is 7.11 Å². The van der Waals surface area contributed by atoms with E-state index in [4.69, 9.17) is 4.74 Å². The number of hydrogen-bond donors (Lipinski definition) is 1. The van der Waals surface area contributed by atoms with Crippen molar-refractivity contribution in [2.45, 2.75) is 23.0 Å². The number of phenolic OH excluding ortho intramolecular Hbond substituents is 1. The molecule has 0 radical (unpaired) electrons. The van der Waals surface area contributed by atoms with E-state index in [-0.39, 0.29) is 17.0 Å². The van der Waals surface area contributed by atoms with Crippen LogP contribution in [-0.2, 0) is 9.53 Å². The summed E-state index contributed by atoms with van der Waals surface area (Å²) in [5.74, 6) is 0.528. The van der Waals surface area contributed by atoms with Crippen molar-refractivity contribution in [2.75, 3.05) is 7.11 Å². The first kappa shape index (κ1) is 13.3. The van der Waals surface area contributed by atoms with Gasteiger partial charge in [-0.2, -0.15) is 0 Å². The topological polar surface area (TPSA) is 46.5 Å². The van der Waals surface area contributed by atoms with Crippen molar-refractivity contribution in [3.05, 3.63) is 36.4 Å². The molecule has 1 saturated carbocycles. The number of ether oxygens (including phenoxy) is 1. The van der Waals surface area contributed by atoms with E-state index in [2.05, 4.69) is 0 Å². The van der Waals surface area contributed by atoms with Crippen LogP contribution in [0.25, 0.3) is 10.8 Å². The van der Waals surface area contributed by atoms with Gasteiger partial charge in [-0.3, -0.25) is 4.79 Å². The zero-order chi connectivity index (χ0) is 14.1. The molecule has 0 spiro atoms. The van der Waals surface area contributed by atoms with Crippen LogP contribution < -0.4 is 0 Å². The number of fused-ring (bicyclic) bond motifs is 1. The summed E-state index contributed by atoms with van der Waals surface area (Å²) < 4.78 is 4.91. The molecular weight excluding hydrogens is 272 g/mol. The van der Waals surface area contributed by atoms with Gasteiger partial charge in [-0.05, 0) is 36.3 Å². The number of rotatable bonds is 4. The molecule has 0 heterocycles. The Morgan fingerprint density at radius 1 is 1.25 bits per heavy atom. The quantitative estimate of drug-likeness (QED) is 0.690. The second-order valence-corrected chi connectivity index (χ2v) is 6.21. The number of carbonyl (C=O) groups is 1. The molecule has 1 aliphatic carbocycles. The van der Waals surface area contributed by atoms with Crippen LogP contribution in [0.1, 0.15) is 12.8 Å². The monoisotopic (exact) mass is 288 g/mol. The number of benzene rings is 2. The number of esters is 1. The fraction of sp³-hybridized carbons (Fsp3) is 0.312. The highest BCUT2D eigenvalue weighted by Gasteiger charge is 2.38. The van der Waals surface area contributed by atoms with E-state index < -0.39 is 0 Å². The Morgan fingerprint density at radius 2 is 1.95 bits per heavy atom. The van der Waals surface area contributed by atoms with Crippen LogP contribution >= 0.6 is 11.8 Å². The molecule has 0 saturated heterocycles. The van der Waals surface area contributed by atoms with Crippen molar-refractivity contribution < 1.29 is 14.6 Å². The molecule has 104 valence electrons. The Balaban J connectivity index is 1.97.